The van der Waals surface area contributed by atoms with E-state index in [4.69, 9.17) is 4.98 Å². The van der Waals surface area contributed by atoms with Crippen LogP contribution in [0.3, 0.4) is 0 Å². The van der Waals surface area contributed by atoms with Crippen LogP contribution in [0.4, 0.5) is 5.13 Å². The number of aromatic hydroxyl groups is 1. The molecular weight excluding hydrogens is 432 g/mol. The first-order valence-electron chi connectivity index (χ1n) is 8.94. The van der Waals surface area contributed by atoms with Gasteiger partial charge in [0.1, 0.15) is 29.1 Å². The van der Waals surface area contributed by atoms with Crippen LogP contribution in [0, 0.1) is 0 Å². The summed E-state index contributed by atoms with van der Waals surface area (Å²) in [6, 6.07) is 2.12. The van der Waals surface area contributed by atoms with E-state index in [0.29, 0.717) is 22.4 Å². The molecule has 5 rings (SSSR count). The minimum atomic E-state index is 0. The molecule has 0 radical (unpaired) electrons. The van der Waals surface area contributed by atoms with E-state index in [1.807, 2.05) is 0 Å². The highest BCUT2D eigenvalue weighted by Crippen LogP contribution is 2.38. The zero-order chi connectivity index (χ0) is 19.1. The first-order chi connectivity index (χ1) is 13.7. The Morgan fingerprint density at radius 3 is 2.69 bits per heavy atom. The zero-order valence-electron chi connectivity index (χ0n) is 15.5. The van der Waals surface area contributed by atoms with Gasteiger partial charge in [-0.05, 0) is 25.9 Å². The molecule has 1 saturated heterocycles. The van der Waals surface area contributed by atoms with E-state index < -0.39 is 0 Å². The summed E-state index contributed by atoms with van der Waals surface area (Å²) in [4.78, 5) is 21.7. The second kappa shape index (κ2) is 8.19. The van der Waals surface area contributed by atoms with Gasteiger partial charge in [0.2, 0.25) is 0 Å². The van der Waals surface area contributed by atoms with Crippen molar-refractivity contribution < 1.29 is 5.11 Å². The van der Waals surface area contributed by atoms with Crippen LogP contribution in [-0.4, -0.2) is 61.0 Å². The molecule has 0 bridgehead atoms. The number of rotatable bonds is 4. The number of fused-ring (bicyclic) bond motifs is 1. The molecule has 0 atom stereocenters. The standard InChI is InChI=1S/C17H18N8OS2.ClH/c1-24(10-2-4-18-5-3-10)17-23-16-15(28-17)22-14(27-16)13-12(26)6-11(7-20-13)25-9-19-8-21-25;/h6-10,18,26H,2-5H2,1H3;1H. The molecule has 0 amide bonds. The van der Waals surface area contributed by atoms with Gasteiger partial charge < -0.3 is 15.3 Å². The number of thiazole rings is 2. The molecule has 2 N–H and O–H groups in total. The van der Waals surface area contributed by atoms with Gasteiger partial charge in [-0.1, -0.05) is 22.7 Å². The molecular formula is C17H19ClN8OS2. The number of hydrogen-bond donors (Lipinski definition) is 2. The molecule has 4 aromatic heterocycles. The Bertz CT molecular complexity index is 1070. The minimum absolute atomic E-state index is 0. The number of aromatic nitrogens is 6. The molecule has 1 aliphatic heterocycles. The van der Waals surface area contributed by atoms with Gasteiger partial charge in [0, 0.05) is 19.2 Å². The molecule has 0 unspecified atom stereocenters. The summed E-state index contributed by atoms with van der Waals surface area (Å²) in [6.07, 6.45) is 6.88. The highest BCUT2D eigenvalue weighted by molar-refractivity contribution is 7.29. The second-order valence-electron chi connectivity index (χ2n) is 6.62. The van der Waals surface area contributed by atoms with Crippen LogP contribution in [0.15, 0.2) is 24.9 Å². The topological polar surface area (TPSA) is 105 Å². The molecule has 0 aliphatic carbocycles. The maximum atomic E-state index is 10.4. The van der Waals surface area contributed by atoms with Crippen molar-refractivity contribution in [1.82, 2.24) is 35.0 Å². The number of hydrogen-bond acceptors (Lipinski definition) is 10. The van der Waals surface area contributed by atoms with Crippen LogP contribution in [0.5, 0.6) is 5.75 Å². The van der Waals surface area contributed by atoms with E-state index in [2.05, 4.69) is 37.3 Å². The van der Waals surface area contributed by atoms with Crippen molar-refractivity contribution >= 4 is 49.9 Å². The van der Waals surface area contributed by atoms with Crippen molar-refractivity contribution in [3.8, 4) is 22.1 Å². The third kappa shape index (κ3) is 3.78. The van der Waals surface area contributed by atoms with Crippen molar-refractivity contribution in [3.05, 3.63) is 24.9 Å². The fraction of sp³-hybridized carbons (Fsp3) is 0.353. The largest absolute Gasteiger partial charge is 0.505 e. The molecule has 152 valence electrons. The summed E-state index contributed by atoms with van der Waals surface area (Å²) in [7, 11) is 2.11. The third-order valence-electron chi connectivity index (χ3n) is 4.86. The van der Waals surface area contributed by atoms with E-state index in [9.17, 15) is 5.11 Å². The summed E-state index contributed by atoms with van der Waals surface area (Å²) in [5.41, 5.74) is 1.09. The van der Waals surface area contributed by atoms with E-state index >= 15 is 0 Å². The summed E-state index contributed by atoms with van der Waals surface area (Å²) < 4.78 is 1.54. The highest BCUT2D eigenvalue weighted by atomic mass is 35.5. The van der Waals surface area contributed by atoms with Gasteiger partial charge in [0.15, 0.2) is 14.8 Å². The van der Waals surface area contributed by atoms with Gasteiger partial charge in [0.05, 0.1) is 11.9 Å². The van der Waals surface area contributed by atoms with Crippen molar-refractivity contribution in [2.24, 2.45) is 0 Å². The third-order valence-corrected chi connectivity index (χ3v) is 6.99. The Hall–Kier alpha value is -2.34. The zero-order valence-corrected chi connectivity index (χ0v) is 18.0. The van der Waals surface area contributed by atoms with Crippen molar-refractivity contribution in [1.29, 1.82) is 0 Å². The lowest BCUT2D eigenvalue weighted by Crippen LogP contribution is -2.41. The number of nitrogens with one attached hydrogen (secondary N) is 1. The average Bonchev–Trinajstić information content (AvgIpc) is 3.44. The molecule has 5 heterocycles. The number of pyridine rings is 1. The Labute approximate surface area is 180 Å². The van der Waals surface area contributed by atoms with E-state index in [0.717, 1.165) is 40.7 Å². The van der Waals surface area contributed by atoms with Crippen LogP contribution < -0.4 is 10.2 Å². The minimum Gasteiger partial charge on any atom is -0.505 e. The van der Waals surface area contributed by atoms with Crippen LogP contribution in [0.25, 0.3) is 26.0 Å². The maximum Gasteiger partial charge on any atom is 0.188 e. The number of anilines is 1. The normalized spacial score (nSPS) is 14.8. The fourth-order valence-corrected chi connectivity index (χ4v) is 5.39. The number of halogens is 1. The van der Waals surface area contributed by atoms with Gasteiger partial charge in [-0.25, -0.2) is 24.6 Å². The molecule has 12 heteroatoms. The van der Waals surface area contributed by atoms with E-state index in [1.54, 1.807) is 34.6 Å². The Kier molecular flexibility index (Phi) is 5.63. The first-order valence-corrected chi connectivity index (χ1v) is 10.6. The average molecular weight is 451 g/mol. The second-order valence-corrected chi connectivity index (χ2v) is 8.55. The van der Waals surface area contributed by atoms with Crippen molar-refractivity contribution in [2.75, 3.05) is 25.0 Å². The fourth-order valence-electron chi connectivity index (χ4n) is 3.31. The van der Waals surface area contributed by atoms with E-state index in [1.165, 1.54) is 17.7 Å². The van der Waals surface area contributed by atoms with Gasteiger partial charge in [-0.3, -0.25) is 0 Å². The lowest BCUT2D eigenvalue weighted by molar-refractivity contribution is 0.443. The summed E-state index contributed by atoms with van der Waals surface area (Å²) in [5, 5.41) is 19.5. The smallest absolute Gasteiger partial charge is 0.188 e. The molecule has 29 heavy (non-hydrogen) atoms. The van der Waals surface area contributed by atoms with Gasteiger partial charge in [-0.2, -0.15) is 5.10 Å². The van der Waals surface area contributed by atoms with Crippen molar-refractivity contribution in [2.45, 2.75) is 18.9 Å². The van der Waals surface area contributed by atoms with Crippen LogP contribution >= 0.6 is 35.1 Å². The maximum absolute atomic E-state index is 10.4. The monoisotopic (exact) mass is 450 g/mol. The highest BCUT2D eigenvalue weighted by Gasteiger charge is 2.22. The molecule has 1 fully saturated rings. The number of piperidine rings is 1. The lowest BCUT2D eigenvalue weighted by atomic mass is 10.1. The molecule has 0 aromatic carbocycles. The van der Waals surface area contributed by atoms with Crippen molar-refractivity contribution in [3.63, 3.8) is 0 Å². The molecule has 4 aromatic rings. The quantitative estimate of drug-likeness (QED) is 0.489. The van der Waals surface area contributed by atoms with E-state index in [-0.39, 0.29) is 18.2 Å². The van der Waals surface area contributed by atoms with Crippen LogP contribution in [0.1, 0.15) is 12.8 Å². The lowest BCUT2D eigenvalue weighted by Gasteiger charge is -2.31. The predicted octanol–water partition coefficient (Wildman–Crippen LogP) is 2.71. The molecule has 1 aliphatic rings. The molecule has 0 spiro atoms. The van der Waals surface area contributed by atoms with Crippen LogP contribution in [0.2, 0.25) is 0 Å². The molecule has 9 nitrogen and oxygen atoms in total. The Morgan fingerprint density at radius 1 is 1.21 bits per heavy atom. The summed E-state index contributed by atoms with van der Waals surface area (Å²) in [6.45, 7) is 2.10. The van der Waals surface area contributed by atoms with Crippen LogP contribution in [-0.2, 0) is 0 Å². The number of nitrogens with zero attached hydrogens (tertiary/aromatic N) is 7. The molecule has 0 saturated carbocycles. The predicted molar refractivity (Wildman–Crippen MR) is 117 cm³/mol. The summed E-state index contributed by atoms with van der Waals surface area (Å²) in [5.74, 6) is 0.0569. The van der Waals surface area contributed by atoms with Gasteiger partial charge in [-0.15, -0.1) is 12.4 Å². The van der Waals surface area contributed by atoms with Gasteiger partial charge in [0.25, 0.3) is 0 Å². The first kappa shape index (κ1) is 20.0. The Morgan fingerprint density at radius 2 is 2.00 bits per heavy atom. The Balaban J connectivity index is 0.00000205. The SMILES string of the molecule is CN(c1nc2sc(-c3ncc(-n4cncn4)cc3O)nc2s1)C1CCNCC1.Cl. The summed E-state index contributed by atoms with van der Waals surface area (Å²) >= 11 is 3.03. The van der Waals surface area contributed by atoms with Gasteiger partial charge >= 0.3 is 0 Å².